The molecule has 0 bridgehead atoms. The van der Waals surface area contributed by atoms with Crippen LogP contribution in [0, 0.1) is 0 Å². The number of nitrogens with one attached hydrogen (secondary N) is 1. The number of aromatic nitrogens is 2. The van der Waals surface area contributed by atoms with Gasteiger partial charge in [0.15, 0.2) is 0 Å². The molecule has 2 aromatic rings. The van der Waals surface area contributed by atoms with Crippen LogP contribution in [0.3, 0.4) is 0 Å². The maximum absolute atomic E-state index is 12.3. The Morgan fingerprint density at radius 3 is 2.96 bits per heavy atom. The van der Waals surface area contributed by atoms with Gasteiger partial charge < -0.3 is 16.0 Å². The number of carbonyl (C=O) groups is 1. The molecule has 1 amide bonds. The van der Waals surface area contributed by atoms with E-state index in [2.05, 4.69) is 17.1 Å². The van der Waals surface area contributed by atoms with Crippen LogP contribution < -0.4 is 16.0 Å². The summed E-state index contributed by atoms with van der Waals surface area (Å²) < 4.78 is 0. The highest BCUT2D eigenvalue weighted by atomic mass is 16.1. The van der Waals surface area contributed by atoms with Crippen molar-refractivity contribution in [3.8, 4) is 11.3 Å². The highest BCUT2D eigenvalue weighted by Gasteiger charge is 2.29. The van der Waals surface area contributed by atoms with E-state index in [1.54, 1.807) is 0 Å². The summed E-state index contributed by atoms with van der Waals surface area (Å²) in [4.78, 5) is 24.3. The second kappa shape index (κ2) is 7.03. The Bertz CT molecular complexity index is 835. The van der Waals surface area contributed by atoms with Gasteiger partial charge in [0, 0.05) is 48.1 Å². The molecule has 1 unspecified atom stereocenters. The molecular formula is C20H25N5O. The summed E-state index contributed by atoms with van der Waals surface area (Å²) >= 11 is 0. The van der Waals surface area contributed by atoms with Crippen molar-refractivity contribution in [2.24, 2.45) is 5.73 Å². The van der Waals surface area contributed by atoms with Gasteiger partial charge in [-0.05, 0) is 44.7 Å². The molecule has 1 aromatic carbocycles. The van der Waals surface area contributed by atoms with E-state index in [9.17, 15) is 4.79 Å². The van der Waals surface area contributed by atoms with Gasteiger partial charge in [-0.15, -0.1) is 0 Å². The summed E-state index contributed by atoms with van der Waals surface area (Å²) in [6.45, 7) is 4.13. The molecule has 2 heterocycles. The van der Waals surface area contributed by atoms with Crippen LogP contribution in [0.25, 0.3) is 11.3 Å². The molecule has 0 radical (unpaired) electrons. The van der Waals surface area contributed by atoms with Gasteiger partial charge >= 0.3 is 0 Å². The number of hydrogen-bond donors (Lipinski definition) is 2. The molecule has 6 heteroatoms. The molecule has 1 aliphatic heterocycles. The van der Waals surface area contributed by atoms with Crippen LogP contribution in [0.5, 0.6) is 0 Å². The molecule has 1 saturated heterocycles. The van der Waals surface area contributed by atoms with E-state index in [-0.39, 0.29) is 5.91 Å². The maximum Gasteiger partial charge on any atom is 0.251 e. The summed E-state index contributed by atoms with van der Waals surface area (Å²) in [5.74, 6) is 0.733. The van der Waals surface area contributed by atoms with Gasteiger partial charge in [0.1, 0.15) is 0 Å². The van der Waals surface area contributed by atoms with E-state index in [1.807, 2.05) is 24.3 Å². The first-order valence-electron chi connectivity index (χ1n) is 9.42. The lowest BCUT2D eigenvalue weighted by molar-refractivity contribution is 0.0955. The van der Waals surface area contributed by atoms with E-state index >= 15 is 0 Å². The fraction of sp³-hybridized carbons (Fsp3) is 0.450. The number of rotatable bonds is 5. The number of benzene rings is 1. The van der Waals surface area contributed by atoms with Gasteiger partial charge in [0.05, 0.1) is 5.69 Å². The van der Waals surface area contributed by atoms with Crippen molar-refractivity contribution in [1.82, 2.24) is 15.3 Å². The van der Waals surface area contributed by atoms with Gasteiger partial charge in [-0.1, -0.05) is 12.1 Å². The number of carbonyl (C=O) groups excluding carboxylic acids is 1. The summed E-state index contributed by atoms with van der Waals surface area (Å²) in [6, 6.07) is 8.20. The highest BCUT2D eigenvalue weighted by Crippen LogP contribution is 2.34. The van der Waals surface area contributed by atoms with Crippen molar-refractivity contribution < 1.29 is 4.79 Å². The van der Waals surface area contributed by atoms with Crippen molar-refractivity contribution in [2.45, 2.75) is 38.6 Å². The van der Waals surface area contributed by atoms with Crippen LogP contribution in [0.1, 0.15) is 41.4 Å². The monoisotopic (exact) mass is 351 g/mol. The summed E-state index contributed by atoms with van der Waals surface area (Å²) in [5, 5.41) is 2.83. The quantitative estimate of drug-likeness (QED) is 0.860. The van der Waals surface area contributed by atoms with Gasteiger partial charge in [0.2, 0.25) is 5.95 Å². The van der Waals surface area contributed by atoms with Crippen molar-refractivity contribution >= 4 is 11.9 Å². The third kappa shape index (κ3) is 3.05. The largest absolute Gasteiger partial charge is 0.351 e. The van der Waals surface area contributed by atoms with Crippen LogP contribution in [0.2, 0.25) is 0 Å². The second-order valence-electron chi connectivity index (χ2n) is 7.11. The third-order valence-corrected chi connectivity index (χ3v) is 5.33. The van der Waals surface area contributed by atoms with E-state index in [0.29, 0.717) is 24.7 Å². The van der Waals surface area contributed by atoms with Gasteiger partial charge in [-0.25, -0.2) is 9.97 Å². The lowest BCUT2D eigenvalue weighted by Crippen LogP contribution is -2.46. The molecule has 6 nitrogen and oxygen atoms in total. The zero-order chi connectivity index (χ0) is 18.1. The van der Waals surface area contributed by atoms with Crippen LogP contribution in [-0.4, -0.2) is 41.6 Å². The Labute approximate surface area is 153 Å². The fourth-order valence-corrected chi connectivity index (χ4v) is 3.70. The first kappa shape index (κ1) is 17.0. The van der Waals surface area contributed by atoms with Crippen molar-refractivity contribution in [3.63, 3.8) is 0 Å². The number of fused-ring (bicyclic) bond motifs is 1. The van der Waals surface area contributed by atoms with Gasteiger partial charge in [-0.3, -0.25) is 4.79 Å². The number of nitrogens with zero attached hydrogens (tertiary/aromatic N) is 3. The lowest BCUT2D eigenvalue weighted by Gasteiger charge is -2.39. The second-order valence-corrected chi connectivity index (χ2v) is 7.11. The Balaban J connectivity index is 1.72. The zero-order valence-corrected chi connectivity index (χ0v) is 15.2. The number of hydrogen-bond acceptors (Lipinski definition) is 5. The SMILES string of the molecule is CC1CCN1c1nc2c(c(-c3cccc(C(=O)NCCN)c3)n1)CCC2. The van der Waals surface area contributed by atoms with Crippen LogP contribution >= 0.6 is 0 Å². The topological polar surface area (TPSA) is 84.1 Å². The molecule has 4 rings (SSSR count). The first-order chi connectivity index (χ1) is 12.7. The number of anilines is 1. The molecule has 1 fully saturated rings. The zero-order valence-electron chi connectivity index (χ0n) is 15.2. The Kier molecular flexibility index (Phi) is 4.59. The average molecular weight is 351 g/mol. The minimum atomic E-state index is -0.0976. The van der Waals surface area contributed by atoms with Crippen LogP contribution in [0.15, 0.2) is 24.3 Å². The molecule has 136 valence electrons. The van der Waals surface area contributed by atoms with Crippen LogP contribution in [0.4, 0.5) is 5.95 Å². The minimum Gasteiger partial charge on any atom is -0.351 e. The predicted molar refractivity (Wildman–Crippen MR) is 102 cm³/mol. The average Bonchev–Trinajstić information content (AvgIpc) is 3.13. The Hall–Kier alpha value is -2.47. The minimum absolute atomic E-state index is 0.0976. The molecular weight excluding hydrogens is 326 g/mol. The van der Waals surface area contributed by atoms with Gasteiger partial charge in [0.25, 0.3) is 5.91 Å². The first-order valence-corrected chi connectivity index (χ1v) is 9.42. The van der Waals surface area contributed by atoms with Crippen molar-refractivity contribution in [3.05, 3.63) is 41.1 Å². The third-order valence-electron chi connectivity index (χ3n) is 5.33. The summed E-state index contributed by atoms with van der Waals surface area (Å²) in [5.41, 5.74) is 10.5. The van der Waals surface area contributed by atoms with Crippen molar-refractivity contribution in [2.75, 3.05) is 24.5 Å². The van der Waals surface area contributed by atoms with E-state index in [1.165, 1.54) is 17.7 Å². The normalized spacial score (nSPS) is 18.4. The molecule has 0 spiro atoms. The van der Waals surface area contributed by atoms with Crippen molar-refractivity contribution in [1.29, 1.82) is 0 Å². The predicted octanol–water partition coefficient (Wildman–Crippen LogP) is 1.92. The molecule has 1 aromatic heterocycles. The number of nitrogens with two attached hydrogens (primary N) is 1. The molecule has 26 heavy (non-hydrogen) atoms. The number of aryl methyl sites for hydroxylation is 1. The lowest BCUT2D eigenvalue weighted by atomic mass is 10.0. The summed E-state index contributed by atoms with van der Waals surface area (Å²) in [6.07, 6.45) is 4.32. The molecule has 1 atom stereocenters. The summed E-state index contributed by atoms with van der Waals surface area (Å²) in [7, 11) is 0. The fourth-order valence-electron chi connectivity index (χ4n) is 3.70. The van der Waals surface area contributed by atoms with E-state index in [4.69, 9.17) is 15.7 Å². The highest BCUT2D eigenvalue weighted by molar-refractivity contribution is 5.95. The molecule has 0 saturated carbocycles. The standard InChI is InChI=1S/C20H25N5O/c1-13-8-11-25(13)20-23-17-7-3-6-16(17)18(24-20)14-4-2-5-15(12-14)19(26)22-10-9-21/h2,4-5,12-13H,3,6-11,21H2,1H3,(H,22,26). The number of amides is 1. The Morgan fingerprint density at radius 2 is 2.23 bits per heavy atom. The maximum atomic E-state index is 12.3. The van der Waals surface area contributed by atoms with Crippen LogP contribution in [-0.2, 0) is 12.8 Å². The Morgan fingerprint density at radius 1 is 1.35 bits per heavy atom. The van der Waals surface area contributed by atoms with E-state index < -0.39 is 0 Å². The molecule has 2 aliphatic rings. The molecule has 1 aliphatic carbocycles. The molecule has 3 N–H and O–H groups in total. The van der Waals surface area contributed by atoms with Gasteiger partial charge in [-0.2, -0.15) is 0 Å². The smallest absolute Gasteiger partial charge is 0.251 e. The van der Waals surface area contributed by atoms with E-state index in [0.717, 1.165) is 43.0 Å².